The molecule has 5 rings (SSSR count). The Kier molecular flexibility index (Phi) is 7.27. The Morgan fingerprint density at radius 1 is 0.925 bits per heavy atom. The van der Waals surface area contributed by atoms with Gasteiger partial charge in [-0.2, -0.15) is 18.3 Å². The first-order chi connectivity index (χ1) is 19.2. The molecule has 0 aliphatic carbocycles. The fourth-order valence-corrected chi connectivity index (χ4v) is 3.90. The van der Waals surface area contributed by atoms with Gasteiger partial charge in [-0.05, 0) is 48.4 Å². The van der Waals surface area contributed by atoms with Crippen molar-refractivity contribution in [2.45, 2.75) is 19.6 Å². The second kappa shape index (κ2) is 11.0. The van der Waals surface area contributed by atoms with Gasteiger partial charge in [-0.3, -0.25) is 9.89 Å². The molecular weight excluding hydrogens is 528 g/mol. The maximum absolute atomic E-state index is 13.3. The number of aromatic nitrogens is 5. The zero-order valence-electron chi connectivity index (χ0n) is 21.0. The SMILES string of the molecule is CCNc1n[nH]c2ncc(-c3ccc(CNc4ncc(C(F)(F)F)nc4C(=O)Nc4ccc(F)cc4)cc3)cc12. The van der Waals surface area contributed by atoms with Crippen molar-refractivity contribution in [2.24, 2.45) is 0 Å². The van der Waals surface area contributed by atoms with Crippen LogP contribution in [0.2, 0.25) is 0 Å². The minimum Gasteiger partial charge on any atom is -0.368 e. The maximum atomic E-state index is 13.3. The Morgan fingerprint density at radius 2 is 1.68 bits per heavy atom. The summed E-state index contributed by atoms with van der Waals surface area (Å²) in [6, 6.07) is 14.2. The molecule has 0 spiro atoms. The van der Waals surface area contributed by atoms with E-state index in [4.69, 9.17) is 0 Å². The molecule has 5 aromatic rings. The summed E-state index contributed by atoms with van der Waals surface area (Å²) in [5.74, 6) is -0.879. The molecule has 40 heavy (non-hydrogen) atoms. The fraction of sp³-hybridized carbons (Fsp3) is 0.148. The number of H-pyrrole nitrogens is 1. The zero-order chi connectivity index (χ0) is 28.3. The summed E-state index contributed by atoms with van der Waals surface area (Å²) >= 11 is 0. The Bertz CT molecular complexity index is 1650. The second-order valence-electron chi connectivity index (χ2n) is 8.68. The number of nitrogens with one attached hydrogen (secondary N) is 4. The highest BCUT2D eigenvalue weighted by atomic mass is 19.4. The normalized spacial score (nSPS) is 11.4. The lowest BCUT2D eigenvalue weighted by Crippen LogP contribution is -2.21. The maximum Gasteiger partial charge on any atom is 0.434 e. The monoisotopic (exact) mass is 550 g/mol. The first-order valence-electron chi connectivity index (χ1n) is 12.1. The standard InChI is InChI=1S/C27H22F4N8O/c1-2-32-23-20-11-17(13-34-24(20)39-38-23)16-5-3-15(4-6-16)12-33-25-22(37-21(14-35-25)27(29,30)31)26(40)36-19-9-7-18(28)8-10-19/h3-11,13-14H,2,12H2,1H3,(H,33,35)(H,36,40)(H2,32,34,38,39). The van der Waals surface area contributed by atoms with Crippen LogP contribution in [-0.4, -0.2) is 37.6 Å². The van der Waals surface area contributed by atoms with Gasteiger partial charge in [0.1, 0.15) is 5.82 Å². The molecule has 0 radical (unpaired) electrons. The van der Waals surface area contributed by atoms with Crippen LogP contribution in [0, 0.1) is 5.82 Å². The average Bonchev–Trinajstić information content (AvgIpc) is 3.35. The van der Waals surface area contributed by atoms with E-state index in [0.29, 0.717) is 24.2 Å². The molecule has 0 saturated carbocycles. The minimum atomic E-state index is -4.80. The van der Waals surface area contributed by atoms with Crippen molar-refractivity contribution >= 4 is 34.3 Å². The smallest absolute Gasteiger partial charge is 0.368 e. The quantitative estimate of drug-likeness (QED) is 0.178. The van der Waals surface area contributed by atoms with Crippen LogP contribution in [0.25, 0.3) is 22.2 Å². The number of halogens is 4. The van der Waals surface area contributed by atoms with E-state index < -0.39 is 29.3 Å². The van der Waals surface area contributed by atoms with Crippen LogP contribution in [0.15, 0.2) is 67.0 Å². The lowest BCUT2D eigenvalue weighted by atomic mass is 10.0. The van der Waals surface area contributed by atoms with Crippen LogP contribution in [-0.2, 0) is 12.7 Å². The first-order valence-corrected chi connectivity index (χ1v) is 12.1. The van der Waals surface area contributed by atoms with Crippen LogP contribution in [0.4, 0.5) is 34.9 Å². The van der Waals surface area contributed by atoms with E-state index in [2.05, 4.69) is 41.1 Å². The van der Waals surface area contributed by atoms with Crippen molar-refractivity contribution < 1.29 is 22.4 Å². The van der Waals surface area contributed by atoms with Crippen LogP contribution < -0.4 is 16.0 Å². The summed E-state index contributed by atoms with van der Waals surface area (Å²) in [6.07, 6.45) is -2.51. The molecule has 1 amide bonds. The summed E-state index contributed by atoms with van der Waals surface area (Å²) < 4.78 is 53.0. The average molecular weight is 551 g/mol. The number of pyridine rings is 1. The van der Waals surface area contributed by atoms with E-state index in [-0.39, 0.29) is 18.1 Å². The van der Waals surface area contributed by atoms with Crippen LogP contribution in [0.3, 0.4) is 0 Å². The third-order valence-electron chi connectivity index (χ3n) is 5.89. The van der Waals surface area contributed by atoms with Gasteiger partial charge in [-0.1, -0.05) is 24.3 Å². The van der Waals surface area contributed by atoms with E-state index in [9.17, 15) is 22.4 Å². The number of alkyl halides is 3. The third kappa shape index (κ3) is 5.82. The van der Waals surface area contributed by atoms with Gasteiger partial charge in [0.25, 0.3) is 5.91 Å². The Labute approximate surface area is 225 Å². The van der Waals surface area contributed by atoms with Gasteiger partial charge >= 0.3 is 6.18 Å². The van der Waals surface area contributed by atoms with Crippen molar-refractivity contribution in [1.29, 1.82) is 0 Å². The van der Waals surface area contributed by atoms with Crippen LogP contribution >= 0.6 is 0 Å². The fourth-order valence-electron chi connectivity index (χ4n) is 3.90. The van der Waals surface area contributed by atoms with Gasteiger partial charge in [0.2, 0.25) is 0 Å². The summed E-state index contributed by atoms with van der Waals surface area (Å²) in [6.45, 7) is 2.84. The number of anilines is 3. The number of hydrogen-bond acceptors (Lipinski definition) is 7. The number of benzene rings is 2. The minimum absolute atomic E-state index is 0.137. The molecule has 0 unspecified atom stereocenters. The van der Waals surface area contributed by atoms with E-state index in [1.165, 1.54) is 12.1 Å². The molecule has 0 atom stereocenters. The topological polar surface area (TPSA) is 121 Å². The molecule has 3 aromatic heterocycles. The molecule has 4 N–H and O–H groups in total. The van der Waals surface area contributed by atoms with E-state index in [1.807, 2.05) is 37.3 Å². The van der Waals surface area contributed by atoms with Gasteiger partial charge in [-0.25, -0.2) is 19.3 Å². The number of carbonyl (C=O) groups is 1. The predicted octanol–water partition coefficient (Wildman–Crippen LogP) is 5.87. The van der Waals surface area contributed by atoms with Gasteiger partial charge in [-0.15, -0.1) is 0 Å². The molecule has 0 aliphatic heterocycles. The molecule has 0 saturated heterocycles. The van der Waals surface area contributed by atoms with E-state index >= 15 is 0 Å². The molecule has 13 heteroatoms. The van der Waals surface area contributed by atoms with Crippen molar-refractivity contribution in [3.8, 4) is 11.1 Å². The number of rotatable bonds is 8. The van der Waals surface area contributed by atoms with Gasteiger partial charge in [0.15, 0.2) is 28.7 Å². The van der Waals surface area contributed by atoms with Crippen molar-refractivity contribution in [3.63, 3.8) is 0 Å². The van der Waals surface area contributed by atoms with Crippen LogP contribution in [0.1, 0.15) is 28.7 Å². The number of fused-ring (bicyclic) bond motifs is 1. The first kappa shape index (κ1) is 26.5. The molecule has 0 bridgehead atoms. The lowest BCUT2D eigenvalue weighted by molar-refractivity contribution is -0.141. The van der Waals surface area contributed by atoms with Gasteiger partial charge in [0, 0.05) is 30.5 Å². The molecule has 3 heterocycles. The van der Waals surface area contributed by atoms with E-state index in [1.54, 1.807) is 6.20 Å². The number of nitrogens with zero attached hydrogens (tertiary/aromatic N) is 4. The summed E-state index contributed by atoms with van der Waals surface area (Å²) in [4.78, 5) is 24.6. The Balaban J connectivity index is 1.34. The van der Waals surface area contributed by atoms with E-state index in [0.717, 1.165) is 34.2 Å². The van der Waals surface area contributed by atoms with Crippen molar-refractivity contribution in [3.05, 3.63) is 89.8 Å². The highest BCUT2D eigenvalue weighted by Crippen LogP contribution is 2.29. The Hall–Kier alpha value is -5.07. The summed E-state index contributed by atoms with van der Waals surface area (Å²) in [5, 5.41) is 16.5. The zero-order valence-corrected chi connectivity index (χ0v) is 21.0. The Morgan fingerprint density at radius 3 is 2.38 bits per heavy atom. The molecule has 0 aliphatic rings. The van der Waals surface area contributed by atoms with Gasteiger partial charge in [0.05, 0.1) is 11.6 Å². The number of aromatic amines is 1. The summed E-state index contributed by atoms with van der Waals surface area (Å²) in [5.41, 5.74) is 1.54. The molecule has 0 fully saturated rings. The predicted molar refractivity (Wildman–Crippen MR) is 142 cm³/mol. The number of carbonyl (C=O) groups excluding carboxylic acids is 1. The highest BCUT2D eigenvalue weighted by Gasteiger charge is 2.34. The summed E-state index contributed by atoms with van der Waals surface area (Å²) in [7, 11) is 0. The number of amides is 1. The van der Waals surface area contributed by atoms with Crippen LogP contribution in [0.5, 0.6) is 0 Å². The molecule has 2 aromatic carbocycles. The largest absolute Gasteiger partial charge is 0.434 e. The molecular formula is C27H22F4N8O. The molecule has 9 nitrogen and oxygen atoms in total. The molecule has 204 valence electrons. The lowest BCUT2D eigenvalue weighted by Gasteiger charge is -2.13. The third-order valence-corrected chi connectivity index (χ3v) is 5.89. The number of hydrogen-bond donors (Lipinski definition) is 4. The van der Waals surface area contributed by atoms with Gasteiger partial charge < -0.3 is 16.0 Å². The second-order valence-corrected chi connectivity index (χ2v) is 8.68. The van der Waals surface area contributed by atoms with Crippen molar-refractivity contribution in [2.75, 3.05) is 22.5 Å². The van der Waals surface area contributed by atoms with Crippen molar-refractivity contribution in [1.82, 2.24) is 25.1 Å². The highest BCUT2D eigenvalue weighted by molar-refractivity contribution is 6.06.